The molecular formula is C16H14BrClN4O5S. The van der Waals surface area contributed by atoms with Gasteiger partial charge in [0.25, 0.3) is 11.6 Å². The first-order chi connectivity index (χ1) is 13.1. The average Bonchev–Trinajstić information content (AvgIpc) is 2.61. The van der Waals surface area contributed by atoms with Crippen LogP contribution in [0.2, 0.25) is 5.02 Å². The Morgan fingerprint density at radius 1 is 1.32 bits per heavy atom. The molecule has 2 rings (SSSR count). The first-order valence-corrected chi connectivity index (χ1v) is 10.6. The van der Waals surface area contributed by atoms with Crippen molar-refractivity contribution in [3.63, 3.8) is 0 Å². The van der Waals surface area contributed by atoms with Gasteiger partial charge in [-0.25, -0.2) is 13.8 Å². The van der Waals surface area contributed by atoms with Crippen LogP contribution in [0.15, 0.2) is 52.0 Å². The van der Waals surface area contributed by atoms with E-state index in [-0.39, 0.29) is 16.3 Å². The van der Waals surface area contributed by atoms with Crippen LogP contribution in [0, 0.1) is 10.1 Å². The van der Waals surface area contributed by atoms with E-state index in [4.69, 9.17) is 11.6 Å². The minimum atomic E-state index is -3.72. The standard InChI is InChI=1S/C16H14BrClN4O5S/c1-28(26,27)21(13-4-2-12(17)3-5-13)10-16(23)20-19-9-11-8-14(22(24)25)6-7-15(11)18/h2-9H,10H2,1H3,(H,20,23)/b19-9-. The Morgan fingerprint density at radius 3 is 2.54 bits per heavy atom. The van der Waals surface area contributed by atoms with Crippen molar-refractivity contribution in [2.45, 2.75) is 0 Å². The summed E-state index contributed by atoms with van der Waals surface area (Å²) in [6.45, 7) is -0.500. The van der Waals surface area contributed by atoms with Crippen molar-refractivity contribution in [3.8, 4) is 0 Å². The molecular weight excluding hydrogens is 476 g/mol. The minimum absolute atomic E-state index is 0.185. The van der Waals surface area contributed by atoms with Gasteiger partial charge < -0.3 is 0 Å². The van der Waals surface area contributed by atoms with E-state index in [0.717, 1.165) is 21.2 Å². The zero-order chi connectivity index (χ0) is 20.9. The highest BCUT2D eigenvalue weighted by Gasteiger charge is 2.20. The second-order valence-corrected chi connectivity index (χ2v) is 8.73. The van der Waals surface area contributed by atoms with Crippen LogP contribution in [0.25, 0.3) is 0 Å². The number of nitrogens with zero attached hydrogens (tertiary/aromatic N) is 3. The summed E-state index contributed by atoms with van der Waals surface area (Å²) in [5, 5.41) is 14.7. The summed E-state index contributed by atoms with van der Waals surface area (Å²) >= 11 is 9.19. The number of nitro benzene ring substituents is 1. The second-order valence-electron chi connectivity index (χ2n) is 5.50. The van der Waals surface area contributed by atoms with Gasteiger partial charge in [0.2, 0.25) is 10.0 Å². The molecule has 0 aliphatic heterocycles. The summed E-state index contributed by atoms with van der Waals surface area (Å²) in [4.78, 5) is 22.3. The number of halogens is 2. The Morgan fingerprint density at radius 2 is 1.96 bits per heavy atom. The maximum Gasteiger partial charge on any atom is 0.270 e. The Labute approximate surface area is 174 Å². The molecule has 0 fully saturated rings. The molecule has 1 amide bonds. The fourth-order valence-electron chi connectivity index (χ4n) is 2.09. The molecule has 0 spiro atoms. The number of nitrogens with one attached hydrogen (secondary N) is 1. The molecule has 2 aromatic rings. The van der Waals surface area contributed by atoms with Crippen LogP contribution in [-0.2, 0) is 14.8 Å². The first-order valence-electron chi connectivity index (χ1n) is 7.57. The lowest BCUT2D eigenvalue weighted by atomic mass is 10.2. The van der Waals surface area contributed by atoms with E-state index in [1.165, 1.54) is 18.2 Å². The molecule has 28 heavy (non-hydrogen) atoms. The molecule has 0 bridgehead atoms. The third kappa shape index (κ3) is 6.01. The van der Waals surface area contributed by atoms with Gasteiger partial charge in [0.1, 0.15) is 6.54 Å². The molecule has 9 nitrogen and oxygen atoms in total. The number of benzene rings is 2. The van der Waals surface area contributed by atoms with Crippen molar-refractivity contribution in [2.24, 2.45) is 5.10 Å². The lowest BCUT2D eigenvalue weighted by Crippen LogP contribution is -2.39. The number of sulfonamides is 1. The monoisotopic (exact) mass is 488 g/mol. The molecule has 0 aliphatic rings. The lowest BCUT2D eigenvalue weighted by molar-refractivity contribution is -0.384. The van der Waals surface area contributed by atoms with Crippen molar-refractivity contribution in [1.82, 2.24) is 5.43 Å². The van der Waals surface area contributed by atoms with Crippen LogP contribution >= 0.6 is 27.5 Å². The number of non-ortho nitro benzene ring substituents is 1. The number of carbonyl (C=O) groups is 1. The van der Waals surface area contributed by atoms with Gasteiger partial charge in [0, 0.05) is 27.2 Å². The van der Waals surface area contributed by atoms with Gasteiger partial charge in [0.05, 0.1) is 23.1 Å². The maximum atomic E-state index is 12.1. The molecule has 0 radical (unpaired) electrons. The Kier molecular flexibility index (Phi) is 7.11. The van der Waals surface area contributed by atoms with Crippen LogP contribution in [-0.4, -0.2) is 38.3 Å². The average molecular weight is 490 g/mol. The second kappa shape index (κ2) is 9.13. The van der Waals surface area contributed by atoms with Crippen molar-refractivity contribution in [3.05, 3.63) is 67.6 Å². The van der Waals surface area contributed by atoms with Gasteiger partial charge in [-0.05, 0) is 30.3 Å². The van der Waals surface area contributed by atoms with Gasteiger partial charge in [-0.3, -0.25) is 19.2 Å². The molecule has 12 heteroatoms. The van der Waals surface area contributed by atoms with E-state index >= 15 is 0 Å². The number of hydrogen-bond donors (Lipinski definition) is 1. The maximum absolute atomic E-state index is 12.1. The highest BCUT2D eigenvalue weighted by atomic mass is 79.9. The van der Waals surface area contributed by atoms with E-state index in [9.17, 15) is 23.3 Å². The number of hydrogen-bond acceptors (Lipinski definition) is 6. The molecule has 0 saturated heterocycles. The predicted octanol–water partition coefficient (Wildman–Crippen LogP) is 2.93. The highest BCUT2D eigenvalue weighted by Crippen LogP contribution is 2.21. The van der Waals surface area contributed by atoms with Crippen molar-refractivity contribution < 1.29 is 18.1 Å². The van der Waals surface area contributed by atoms with Gasteiger partial charge in [-0.15, -0.1) is 0 Å². The van der Waals surface area contributed by atoms with Crippen molar-refractivity contribution >= 4 is 61.1 Å². The number of nitro groups is 1. The van der Waals surface area contributed by atoms with E-state index in [1.54, 1.807) is 24.3 Å². The number of carbonyl (C=O) groups excluding carboxylic acids is 1. The molecule has 148 valence electrons. The Bertz CT molecular complexity index is 1030. The van der Waals surface area contributed by atoms with E-state index in [2.05, 4.69) is 26.5 Å². The predicted molar refractivity (Wildman–Crippen MR) is 110 cm³/mol. The highest BCUT2D eigenvalue weighted by molar-refractivity contribution is 9.10. The summed E-state index contributed by atoms with van der Waals surface area (Å²) in [5.74, 6) is -0.703. The van der Waals surface area contributed by atoms with Crippen molar-refractivity contribution in [1.29, 1.82) is 0 Å². The van der Waals surface area contributed by atoms with Gasteiger partial charge in [0.15, 0.2) is 0 Å². The number of anilines is 1. The third-order valence-corrected chi connectivity index (χ3v) is 5.40. The Balaban J connectivity index is 2.11. The lowest BCUT2D eigenvalue weighted by Gasteiger charge is -2.21. The van der Waals surface area contributed by atoms with E-state index in [1.807, 2.05) is 0 Å². The molecule has 0 saturated carbocycles. The summed E-state index contributed by atoms with van der Waals surface area (Å²) in [6.07, 6.45) is 2.12. The number of rotatable bonds is 7. The van der Waals surface area contributed by atoms with Gasteiger partial charge in [-0.1, -0.05) is 27.5 Å². The third-order valence-electron chi connectivity index (χ3n) is 3.39. The fraction of sp³-hybridized carbons (Fsp3) is 0.125. The van der Waals surface area contributed by atoms with E-state index < -0.39 is 27.4 Å². The summed E-state index contributed by atoms with van der Waals surface area (Å²) < 4.78 is 25.7. The largest absolute Gasteiger partial charge is 0.271 e. The zero-order valence-corrected chi connectivity index (χ0v) is 17.5. The number of amides is 1. The molecule has 0 heterocycles. The Hall–Kier alpha value is -2.50. The molecule has 1 N–H and O–H groups in total. The smallest absolute Gasteiger partial charge is 0.270 e. The number of hydrazone groups is 1. The summed E-state index contributed by atoms with van der Waals surface area (Å²) in [5.41, 5.74) is 2.53. The normalized spacial score (nSPS) is 11.4. The van der Waals surface area contributed by atoms with Crippen LogP contribution < -0.4 is 9.73 Å². The van der Waals surface area contributed by atoms with Crippen LogP contribution in [0.4, 0.5) is 11.4 Å². The van der Waals surface area contributed by atoms with E-state index in [0.29, 0.717) is 5.69 Å². The zero-order valence-electron chi connectivity index (χ0n) is 14.4. The molecule has 2 aromatic carbocycles. The molecule has 0 unspecified atom stereocenters. The molecule has 0 aliphatic carbocycles. The van der Waals surface area contributed by atoms with Gasteiger partial charge >= 0.3 is 0 Å². The minimum Gasteiger partial charge on any atom is -0.271 e. The molecule has 0 aromatic heterocycles. The fourth-order valence-corrected chi connectivity index (χ4v) is 3.38. The van der Waals surface area contributed by atoms with Crippen LogP contribution in [0.1, 0.15) is 5.56 Å². The van der Waals surface area contributed by atoms with Gasteiger partial charge in [-0.2, -0.15) is 5.10 Å². The SMILES string of the molecule is CS(=O)(=O)N(CC(=O)N/N=C\c1cc([N+](=O)[O-])ccc1Cl)c1ccc(Br)cc1. The summed E-state index contributed by atoms with van der Waals surface area (Å²) in [7, 11) is -3.72. The molecule has 0 atom stereocenters. The van der Waals surface area contributed by atoms with Crippen LogP contribution in [0.3, 0.4) is 0 Å². The summed E-state index contributed by atoms with van der Waals surface area (Å²) in [6, 6.07) is 10.2. The topological polar surface area (TPSA) is 122 Å². The quantitative estimate of drug-likeness (QED) is 0.364. The first kappa shape index (κ1) is 21.8. The van der Waals surface area contributed by atoms with Crippen LogP contribution in [0.5, 0.6) is 0 Å². The van der Waals surface area contributed by atoms with Crippen molar-refractivity contribution in [2.75, 3.05) is 17.1 Å².